The first-order chi connectivity index (χ1) is 9.69. The lowest BCUT2D eigenvalue weighted by Gasteiger charge is -2.25. The van der Waals surface area contributed by atoms with Crippen LogP contribution in [0.25, 0.3) is 0 Å². The molecule has 1 aliphatic carbocycles. The molecular formula is C13H21F2N3O2. The van der Waals surface area contributed by atoms with Gasteiger partial charge in [0.05, 0.1) is 6.61 Å². The van der Waals surface area contributed by atoms with Crippen molar-refractivity contribution < 1.29 is 18.0 Å². The van der Waals surface area contributed by atoms with E-state index in [1.807, 2.05) is 7.05 Å². The molecule has 0 aliphatic heterocycles. The van der Waals surface area contributed by atoms with E-state index in [-0.39, 0.29) is 6.61 Å². The minimum atomic E-state index is -2.43. The van der Waals surface area contributed by atoms with Gasteiger partial charge < -0.3 is 14.6 Å². The van der Waals surface area contributed by atoms with E-state index < -0.39 is 13.0 Å². The molecule has 1 N–H and O–H groups in total. The number of alkyl halides is 2. The Hall–Kier alpha value is -1.08. The molecule has 0 bridgehead atoms. The van der Waals surface area contributed by atoms with E-state index >= 15 is 0 Å². The lowest BCUT2D eigenvalue weighted by Crippen LogP contribution is -2.29. The maximum absolute atomic E-state index is 11.9. The molecule has 1 aliphatic rings. The highest BCUT2D eigenvalue weighted by Crippen LogP contribution is 2.31. The summed E-state index contributed by atoms with van der Waals surface area (Å²) < 4.78 is 33.8. The molecule has 0 amide bonds. The number of hydrogen-bond donors (Lipinski definition) is 1. The van der Waals surface area contributed by atoms with Crippen molar-refractivity contribution >= 4 is 0 Å². The van der Waals surface area contributed by atoms with Crippen LogP contribution in [0.2, 0.25) is 0 Å². The third-order valence-corrected chi connectivity index (χ3v) is 3.68. The van der Waals surface area contributed by atoms with E-state index in [9.17, 15) is 8.78 Å². The first-order valence-electron chi connectivity index (χ1n) is 7.04. The fraction of sp³-hybridized carbons (Fsp3) is 0.846. The third-order valence-electron chi connectivity index (χ3n) is 3.68. The zero-order valence-electron chi connectivity index (χ0n) is 11.6. The number of halogens is 2. The maximum atomic E-state index is 11.9. The van der Waals surface area contributed by atoms with Crippen molar-refractivity contribution in [1.29, 1.82) is 0 Å². The van der Waals surface area contributed by atoms with Gasteiger partial charge in [-0.25, -0.2) is 8.78 Å². The Morgan fingerprint density at radius 1 is 1.35 bits per heavy atom. The zero-order chi connectivity index (χ0) is 14.4. The van der Waals surface area contributed by atoms with Gasteiger partial charge in [0.25, 0.3) is 6.43 Å². The largest absolute Gasteiger partial charge is 0.375 e. The van der Waals surface area contributed by atoms with E-state index in [0.717, 1.165) is 25.7 Å². The highest BCUT2D eigenvalue weighted by atomic mass is 19.3. The number of ether oxygens (including phenoxy) is 1. The molecule has 0 atom stereocenters. The summed E-state index contributed by atoms with van der Waals surface area (Å²) in [6.45, 7) is -0.353. The first kappa shape index (κ1) is 15.3. The molecule has 1 aromatic rings. The molecule has 1 heterocycles. The monoisotopic (exact) mass is 289 g/mol. The Labute approximate surface area is 117 Å². The number of nitrogens with zero attached hydrogens (tertiary/aromatic N) is 2. The lowest BCUT2D eigenvalue weighted by atomic mass is 9.86. The van der Waals surface area contributed by atoms with Gasteiger partial charge in [-0.1, -0.05) is 5.16 Å². The maximum Gasteiger partial charge on any atom is 0.261 e. The van der Waals surface area contributed by atoms with Gasteiger partial charge in [0.1, 0.15) is 6.61 Å². The molecule has 0 spiro atoms. The average molecular weight is 289 g/mol. The molecule has 2 rings (SSSR count). The molecule has 20 heavy (non-hydrogen) atoms. The van der Waals surface area contributed by atoms with E-state index in [1.54, 1.807) is 0 Å². The van der Waals surface area contributed by atoms with Crippen molar-refractivity contribution in [2.45, 2.75) is 50.5 Å². The summed E-state index contributed by atoms with van der Waals surface area (Å²) in [5, 5.41) is 7.16. The highest BCUT2D eigenvalue weighted by molar-refractivity contribution is 4.97. The standard InChI is InChI=1S/C13H21F2N3O2/c1-16-10-4-2-9(3-5-10)13-17-12(18-20-13)6-7-19-8-11(14)15/h9-11,16H,2-8H2,1H3. The van der Waals surface area contributed by atoms with Crippen LogP contribution in [0.5, 0.6) is 0 Å². The summed E-state index contributed by atoms with van der Waals surface area (Å²) in [5.74, 6) is 1.52. The fourth-order valence-corrected chi connectivity index (χ4v) is 2.50. The van der Waals surface area contributed by atoms with Gasteiger partial charge >= 0.3 is 0 Å². The van der Waals surface area contributed by atoms with Crippen molar-refractivity contribution in [2.24, 2.45) is 0 Å². The van der Waals surface area contributed by atoms with Gasteiger partial charge in [-0.3, -0.25) is 0 Å². The molecule has 0 unspecified atom stereocenters. The van der Waals surface area contributed by atoms with Crippen LogP contribution in [-0.4, -0.2) is 42.9 Å². The fourth-order valence-electron chi connectivity index (χ4n) is 2.50. The predicted molar refractivity (Wildman–Crippen MR) is 68.9 cm³/mol. The summed E-state index contributed by atoms with van der Waals surface area (Å²) in [6, 6.07) is 0.580. The SMILES string of the molecule is CNC1CCC(c2nc(CCOCC(F)F)no2)CC1. The molecule has 7 heteroatoms. The highest BCUT2D eigenvalue weighted by Gasteiger charge is 2.25. The summed E-state index contributed by atoms with van der Waals surface area (Å²) in [7, 11) is 1.98. The van der Waals surface area contributed by atoms with Crippen molar-refractivity contribution in [3.63, 3.8) is 0 Å². The molecule has 1 aromatic heterocycles. The van der Waals surface area contributed by atoms with E-state index in [1.165, 1.54) is 0 Å². The van der Waals surface area contributed by atoms with E-state index in [2.05, 4.69) is 15.5 Å². The van der Waals surface area contributed by atoms with Gasteiger partial charge in [-0.2, -0.15) is 4.98 Å². The van der Waals surface area contributed by atoms with Crippen LogP contribution in [0.15, 0.2) is 4.52 Å². The minimum Gasteiger partial charge on any atom is -0.375 e. The Bertz CT molecular complexity index is 393. The van der Waals surface area contributed by atoms with Gasteiger partial charge in [0, 0.05) is 18.4 Å². The molecule has 1 saturated carbocycles. The van der Waals surface area contributed by atoms with Crippen LogP contribution in [0, 0.1) is 0 Å². The molecule has 1 fully saturated rings. The second kappa shape index (κ2) is 7.64. The molecule has 0 saturated heterocycles. The van der Waals surface area contributed by atoms with E-state index in [0.29, 0.717) is 30.1 Å². The van der Waals surface area contributed by atoms with Crippen LogP contribution in [0.4, 0.5) is 8.78 Å². The van der Waals surface area contributed by atoms with Gasteiger partial charge in [0.2, 0.25) is 5.89 Å². The summed E-state index contributed by atoms with van der Waals surface area (Å²) >= 11 is 0. The van der Waals surface area contributed by atoms with Crippen LogP contribution in [0.1, 0.15) is 43.3 Å². The van der Waals surface area contributed by atoms with Gasteiger partial charge in [0.15, 0.2) is 5.82 Å². The van der Waals surface area contributed by atoms with Crippen molar-refractivity contribution in [3.8, 4) is 0 Å². The normalized spacial score (nSPS) is 23.4. The Kier molecular flexibility index (Phi) is 5.85. The van der Waals surface area contributed by atoms with Gasteiger partial charge in [-0.15, -0.1) is 0 Å². The minimum absolute atomic E-state index is 0.190. The second-order valence-electron chi connectivity index (χ2n) is 5.10. The summed E-state index contributed by atoms with van der Waals surface area (Å²) in [6.07, 6.45) is 2.26. The average Bonchev–Trinajstić information content (AvgIpc) is 2.92. The topological polar surface area (TPSA) is 60.2 Å². The van der Waals surface area contributed by atoms with Crippen molar-refractivity contribution in [1.82, 2.24) is 15.5 Å². The predicted octanol–water partition coefficient (Wildman–Crippen LogP) is 2.14. The lowest BCUT2D eigenvalue weighted by molar-refractivity contribution is 0.0182. The summed E-state index contributed by atoms with van der Waals surface area (Å²) in [4.78, 5) is 4.34. The van der Waals surface area contributed by atoms with Crippen molar-refractivity contribution in [3.05, 3.63) is 11.7 Å². The van der Waals surface area contributed by atoms with Crippen LogP contribution in [-0.2, 0) is 11.2 Å². The first-order valence-corrected chi connectivity index (χ1v) is 7.04. The van der Waals surface area contributed by atoms with Crippen molar-refractivity contribution in [2.75, 3.05) is 20.3 Å². The molecular weight excluding hydrogens is 268 g/mol. The van der Waals surface area contributed by atoms with Gasteiger partial charge in [-0.05, 0) is 32.7 Å². The number of rotatable bonds is 7. The third kappa shape index (κ3) is 4.49. The van der Waals surface area contributed by atoms with Crippen LogP contribution < -0.4 is 5.32 Å². The smallest absolute Gasteiger partial charge is 0.261 e. The molecule has 0 aromatic carbocycles. The molecule has 5 nitrogen and oxygen atoms in total. The quantitative estimate of drug-likeness (QED) is 0.779. The number of aromatic nitrogens is 2. The Morgan fingerprint density at radius 2 is 2.10 bits per heavy atom. The molecule has 114 valence electrons. The number of nitrogens with one attached hydrogen (secondary N) is 1. The van der Waals surface area contributed by atoms with Crippen LogP contribution >= 0.6 is 0 Å². The van der Waals surface area contributed by atoms with E-state index in [4.69, 9.17) is 9.26 Å². The Morgan fingerprint density at radius 3 is 2.75 bits per heavy atom. The van der Waals surface area contributed by atoms with Crippen LogP contribution in [0.3, 0.4) is 0 Å². The second-order valence-corrected chi connectivity index (χ2v) is 5.10. The molecule has 0 radical (unpaired) electrons. The zero-order valence-corrected chi connectivity index (χ0v) is 11.6. The summed E-state index contributed by atoms with van der Waals surface area (Å²) in [5.41, 5.74) is 0. The number of hydrogen-bond acceptors (Lipinski definition) is 5. The Balaban J connectivity index is 1.74.